The van der Waals surface area contributed by atoms with Crippen molar-refractivity contribution >= 4 is 98.3 Å². The van der Waals surface area contributed by atoms with Crippen molar-refractivity contribution in [2.75, 3.05) is 47.7 Å². The minimum absolute atomic E-state index is 0. The standard InChI is InChI=1S/C92H108N8O12.Co/c1-17-21-37-111-87(107)61-47-57(61)83(103)99-65-27-24-28-66(100-84(104)58-48-62(58)88(108)112-38-22-18-2)78(65)80-73-35-31-69(95-73)75(49-39-51(89(5,6)7)43-52(40-49)90(8,9)10)67-29-33-71(93-67)79(72-34-30-68(94-72)76(70-32-36-74(80)96-70)50-41-53(91(11,12)13)44-54(42-50)92(14,15)16)77-63(97-81(101)55-45-59(55)85(105)109-19-3)25-23-26-64(77)98-82(102)56-46-60(56)86(106)110-20-4;/h23-36,39-44,55-62,69H,17-22,37-38,45-48H2,1-16H3,(H7,93,94,95,96,97,98,99,100,101,102,103,104);/q;+3/p-3/b75-67-;/t55-,56-,57?,58?,59+,60?,61+,62?,69?;/m1./s1. The van der Waals surface area contributed by atoms with Gasteiger partial charge in [-0.05, 0) is 161 Å². The molecule has 20 nitrogen and oxygen atoms in total. The van der Waals surface area contributed by atoms with Gasteiger partial charge < -0.3 is 55.5 Å². The fourth-order valence-corrected chi connectivity index (χ4v) is 14.9. The number of hydrogen-bond acceptors (Lipinski definition) is 13. The van der Waals surface area contributed by atoms with Crippen LogP contribution in [0.1, 0.15) is 218 Å². The summed E-state index contributed by atoms with van der Waals surface area (Å²) < 4.78 is 22.1. The number of carbonyl (C=O) groups is 8. The second kappa shape index (κ2) is 32.8. The molecule has 9 atom stereocenters. The first-order chi connectivity index (χ1) is 53.2. The fourth-order valence-electron chi connectivity index (χ4n) is 14.9. The SMILES string of the molecule is CCCCOC(=O)C1CC1C(=O)Nc1cccc(NC(=O)C2C[C@@H]2C(=O)OCCCC)c1/C1=C2\C=CC([N-]2)/C(c2cc(C(C)(C)C)cc(C(C)(C)C)c2)=c2/cc/c([n-]2)=C(\c2c(NC(=O)[C@@H]3CC3C(=O)OCC)cccc2NC(=O)[C@@H]2C[C@@H]2C(=O)OCC)C2=N/C(=C(/c3cc(C(C)(C)C)cc(C(C)(C)C)c3)c3ccc1[n-]3)C=C2.[Co+3]. The zero-order chi connectivity index (χ0) is 80.2. The van der Waals surface area contributed by atoms with E-state index in [0.717, 1.165) is 46.2 Å². The predicted molar refractivity (Wildman–Crippen MR) is 435 cm³/mol. The average molecular weight is 1570 g/mol. The van der Waals surface area contributed by atoms with Crippen LogP contribution in [-0.2, 0) is 95.7 Å². The van der Waals surface area contributed by atoms with Gasteiger partial charge in [-0.25, -0.2) is 4.99 Å². The number of unbranched alkanes of at least 4 members (excludes halogenated alkanes) is 2. The molecule has 21 heteroatoms. The molecule has 4 saturated carbocycles. The Balaban J connectivity index is 0.0000118. The van der Waals surface area contributed by atoms with Gasteiger partial charge in [-0.15, -0.1) is 27.8 Å². The van der Waals surface area contributed by atoms with Crippen LogP contribution in [0.15, 0.2) is 138 Å². The van der Waals surface area contributed by atoms with Gasteiger partial charge in [-0.3, -0.25) is 38.4 Å². The van der Waals surface area contributed by atoms with E-state index < -0.39 is 101 Å². The molecule has 8 bridgehead atoms. The summed E-state index contributed by atoms with van der Waals surface area (Å²) in [6, 6.07) is 30.6. The molecule has 4 aromatic carbocycles. The normalized spacial score (nSPS) is 23.5. The van der Waals surface area contributed by atoms with Crippen molar-refractivity contribution in [3.05, 3.63) is 205 Å². The zero-order valence-electron chi connectivity index (χ0n) is 67.7. The number of carbonyl (C=O) groups excluding carboxylic acids is 8. The number of ether oxygens (including phenoxy) is 4. The van der Waals surface area contributed by atoms with Crippen LogP contribution in [0.2, 0.25) is 0 Å². The minimum atomic E-state index is -0.807. The van der Waals surface area contributed by atoms with Crippen LogP contribution in [0, 0.1) is 47.3 Å². The molecule has 4 aliphatic carbocycles. The molecule has 0 spiro atoms. The largest absolute Gasteiger partial charge is 3.00 e. The minimum Gasteiger partial charge on any atom is -0.674 e. The van der Waals surface area contributed by atoms with Gasteiger partial charge in [0.1, 0.15) is 0 Å². The monoisotopic (exact) mass is 1570 g/mol. The van der Waals surface area contributed by atoms with Crippen LogP contribution in [0.3, 0.4) is 0 Å². The van der Waals surface area contributed by atoms with Gasteiger partial charge >= 0.3 is 40.7 Å². The van der Waals surface area contributed by atoms with Gasteiger partial charge in [0.25, 0.3) is 0 Å². The second-order valence-corrected chi connectivity index (χ2v) is 34.9. The number of esters is 4. The number of aliphatic imine (C=N–C) groups is 1. The summed E-state index contributed by atoms with van der Waals surface area (Å²) in [5, 5.41) is 19.6. The van der Waals surface area contributed by atoms with E-state index in [1.807, 2.05) is 62.4 Å². The molecule has 3 aliphatic heterocycles. The molecule has 7 aliphatic rings. The van der Waals surface area contributed by atoms with E-state index in [1.165, 1.54) is 0 Å². The Labute approximate surface area is 673 Å². The van der Waals surface area contributed by atoms with Gasteiger partial charge in [0.05, 0.1) is 108 Å². The van der Waals surface area contributed by atoms with Crippen molar-refractivity contribution < 1.29 is 74.1 Å². The quantitative estimate of drug-likeness (QED) is 0.0249. The zero-order valence-corrected chi connectivity index (χ0v) is 68.8. The van der Waals surface area contributed by atoms with Crippen LogP contribution < -0.4 is 41.9 Å². The summed E-state index contributed by atoms with van der Waals surface area (Å²) in [4.78, 5) is 130. The Bertz CT molecular complexity index is 4920. The van der Waals surface area contributed by atoms with Crippen molar-refractivity contribution in [3.8, 4) is 0 Å². The molecule has 6 aromatic rings. The molecule has 594 valence electrons. The molecule has 13 rings (SSSR count). The Morgan fingerprint density at radius 1 is 0.425 bits per heavy atom. The van der Waals surface area contributed by atoms with E-state index in [2.05, 4.69) is 141 Å². The van der Waals surface area contributed by atoms with E-state index in [9.17, 15) is 38.4 Å². The maximum absolute atomic E-state index is 15.0. The van der Waals surface area contributed by atoms with E-state index in [-0.39, 0.29) is 102 Å². The van der Waals surface area contributed by atoms with E-state index in [4.69, 9.17) is 39.2 Å². The molecule has 4 amide bonds. The Morgan fingerprint density at radius 3 is 1.20 bits per heavy atom. The molecule has 4 fully saturated rings. The van der Waals surface area contributed by atoms with Gasteiger partial charge in [0.15, 0.2) is 0 Å². The first kappa shape index (κ1) is 82.3. The Kier molecular flexibility index (Phi) is 23.9. The fraction of sp³-hybridized carbons (Fsp3) is 0.446. The van der Waals surface area contributed by atoms with Crippen LogP contribution >= 0.6 is 0 Å². The van der Waals surface area contributed by atoms with Crippen molar-refractivity contribution in [1.29, 1.82) is 0 Å². The summed E-state index contributed by atoms with van der Waals surface area (Å²) in [6.07, 6.45) is 11.9. The molecular weight excluding hydrogens is 1470 g/mol. The number of fused-ring (bicyclic) bond motifs is 7. The van der Waals surface area contributed by atoms with Crippen LogP contribution in [0.25, 0.3) is 27.6 Å². The van der Waals surface area contributed by atoms with Gasteiger partial charge in [0, 0.05) is 11.1 Å². The molecular formula is C92H105CoN8O12. The molecule has 0 saturated heterocycles. The molecule has 5 unspecified atom stereocenters. The third-order valence-corrected chi connectivity index (χ3v) is 22.1. The van der Waals surface area contributed by atoms with Crippen LogP contribution in [0.4, 0.5) is 22.7 Å². The average Bonchev–Trinajstić information content (AvgIpc) is 0.850. The number of hydrogen-bond donors (Lipinski definition) is 4. The van der Waals surface area contributed by atoms with E-state index >= 15 is 0 Å². The Hall–Kier alpha value is -10.1. The topological polar surface area (TPSA) is 276 Å². The van der Waals surface area contributed by atoms with Gasteiger partial charge in [-0.1, -0.05) is 206 Å². The molecule has 0 radical (unpaired) electrons. The third kappa shape index (κ3) is 18.0. The van der Waals surface area contributed by atoms with E-state index in [0.29, 0.717) is 96.8 Å². The number of nitrogens with zero attached hydrogens (tertiary/aromatic N) is 4. The van der Waals surface area contributed by atoms with Crippen molar-refractivity contribution in [1.82, 2.24) is 9.97 Å². The Morgan fingerprint density at radius 2 is 0.805 bits per heavy atom. The molecule has 113 heavy (non-hydrogen) atoms. The van der Waals surface area contributed by atoms with Crippen molar-refractivity contribution in [2.45, 2.75) is 190 Å². The maximum Gasteiger partial charge on any atom is 3.00 e. The number of rotatable bonds is 24. The number of allylic oxidation sites excluding steroid dienone is 3. The summed E-state index contributed by atoms with van der Waals surface area (Å²) in [5.74, 6) is -8.91. The molecule has 5 heterocycles. The number of aromatic nitrogens is 2. The molecule has 2 aromatic heterocycles. The number of benzene rings is 4. The van der Waals surface area contributed by atoms with Crippen molar-refractivity contribution in [3.63, 3.8) is 0 Å². The molecule has 4 N–H and O–H groups in total. The van der Waals surface area contributed by atoms with Gasteiger partial charge in [0.2, 0.25) is 23.6 Å². The van der Waals surface area contributed by atoms with Crippen LogP contribution in [-0.4, -0.2) is 85.7 Å². The smallest absolute Gasteiger partial charge is 0.674 e. The summed E-state index contributed by atoms with van der Waals surface area (Å²) in [7, 11) is 0. The number of anilines is 4. The van der Waals surface area contributed by atoms with Crippen LogP contribution in [0.5, 0.6) is 0 Å². The van der Waals surface area contributed by atoms with Crippen molar-refractivity contribution in [2.24, 2.45) is 52.3 Å². The van der Waals surface area contributed by atoms with Gasteiger partial charge in [-0.2, -0.15) is 0 Å². The number of amides is 4. The summed E-state index contributed by atoms with van der Waals surface area (Å²) in [6.45, 7) is 34.4. The first-order valence-electron chi connectivity index (χ1n) is 39.8. The maximum atomic E-state index is 15.0. The van der Waals surface area contributed by atoms with E-state index in [1.54, 1.807) is 50.2 Å². The number of nitrogens with one attached hydrogen (secondary N) is 4. The second-order valence-electron chi connectivity index (χ2n) is 34.9. The first-order valence-corrected chi connectivity index (χ1v) is 39.8. The summed E-state index contributed by atoms with van der Waals surface area (Å²) >= 11 is 0. The summed E-state index contributed by atoms with van der Waals surface area (Å²) in [5.41, 5.74) is 10.7. The predicted octanol–water partition coefficient (Wildman–Crippen LogP) is 14.9. The third-order valence-electron chi connectivity index (χ3n) is 22.1.